The Kier molecular flexibility index (Phi) is 2.75. The second kappa shape index (κ2) is 4.84. The van der Waals surface area contributed by atoms with Gasteiger partial charge in [-0.3, -0.25) is 4.90 Å². The molecule has 0 radical (unpaired) electrons. The average molecular weight is 315 g/mol. The number of cyclic esters (lactones) is 1. The van der Waals surface area contributed by atoms with E-state index in [1.807, 2.05) is 23.1 Å². The number of hydrogen-bond donors (Lipinski definition) is 0. The van der Waals surface area contributed by atoms with Crippen molar-refractivity contribution in [1.82, 2.24) is 4.90 Å². The zero-order valence-electron chi connectivity index (χ0n) is 13.2. The van der Waals surface area contributed by atoms with Crippen LogP contribution in [0.4, 0.5) is 4.79 Å². The number of carbonyl (C=O) groups is 1. The molecule has 0 unspecified atom stereocenters. The smallest absolute Gasteiger partial charge is 0.411 e. The molecule has 2 aliphatic rings. The minimum absolute atomic E-state index is 0.210. The molecule has 0 aromatic heterocycles. The first kappa shape index (κ1) is 13.6. The zero-order chi connectivity index (χ0) is 16.1. The van der Waals surface area contributed by atoms with E-state index in [1.165, 1.54) is 21.9 Å². The van der Waals surface area contributed by atoms with E-state index >= 15 is 0 Å². The van der Waals surface area contributed by atoms with Crippen LogP contribution in [-0.2, 0) is 23.2 Å². The number of benzene rings is 3. The summed E-state index contributed by atoms with van der Waals surface area (Å²) in [6, 6.07) is 23.1. The number of nitrogens with zero attached hydrogens (tertiary/aromatic N) is 1. The molecule has 1 atom stereocenters. The molecule has 0 N–H and O–H groups in total. The molecular weight excluding hydrogens is 298 g/mol. The molecule has 118 valence electrons. The summed E-state index contributed by atoms with van der Waals surface area (Å²) in [4.78, 5) is 14.3. The van der Waals surface area contributed by atoms with Gasteiger partial charge in [0.05, 0.1) is 6.54 Å². The molecule has 24 heavy (non-hydrogen) atoms. The topological polar surface area (TPSA) is 29.5 Å². The summed E-state index contributed by atoms with van der Waals surface area (Å²) < 4.78 is 5.47. The van der Waals surface area contributed by atoms with Gasteiger partial charge < -0.3 is 4.74 Å². The summed E-state index contributed by atoms with van der Waals surface area (Å²) in [5.74, 6) is 0. The van der Waals surface area contributed by atoms with Crippen LogP contribution in [0.2, 0.25) is 0 Å². The molecule has 1 fully saturated rings. The highest BCUT2D eigenvalue weighted by Crippen LogP contribution is 2.43. The Morgan fingerprint density at radius 3 is 2.29 bits per heavy atom. The largest absolute Gasteiger partial charge is 0.446 e. The first-order valence-electron chi connectivity index (χ1n) is 8.27. The number of hydrogen-bond acceptors (Lipinski definition) is 2. The van der Waals surface area contributed by atoms with Gasteiger partial charge in [-0.2, -0.15) is 0 Å². The van der Waals surface area contributed by atoms with Gasteiger partial charge in [0, 0.05) is 6.42 Å². The molecule has 1 saturated heterocycles. The van der Waals surface area contributed by atoms with Crippen molar-refractivity contribution < 1.29 is 9.53 Å². The van der Waals surface area contributed by atoms with E-state index in [-0.39, 0.29) is 11.6 Å². The van der Waals surface area contributed by atoms with Crippen molar-refractivity contribution in [3.63, 3.8) is 0 Å². The summed E-state index contributed by atoms with van der Waals surface area (Å²) in [6.07, 6.45) is 0.584. The van der Waals surface area contributed by atoms with Crippen LogP contribution in [0, 0.1) is 0 Å². The Bertz CT molecular complexity index is 950. The molecule has 1 amide bonds. The summed E-state index contributed by atoms with van der Waals surface area (Å²) in [6.45, 7) is 1.02. The van der Waals surface area contributed by atoms with Crippen LogP contribution >= 0.6 is 0 Å². The number of ether oxygens (including phenoxy) is 1. The van der Waals surface area contributed by atoms with Crippen molar-refractivity contribution in [1.29, 1.82) is 0 Å². The fraction of sp³-hybridized carbons (Fsp3) is 0.190. The number of fused-ring (bicyclic) bond motifs is 3. The Labute approximate surface area is 140 Å². The number of rotatable bonds is 1. The van der Waals surface area contributed by atoms with Crippen molar-refractivity contribution in [2.75, 3.05) is 6.61 Å². The van der Waals surface area contributed by atoms with Gasteiger partial charge in [-0.15, -0.1) is 0 Å². The second-order valence-electron chi connectivity index (χ2n) is 6.68. The SMILES string of the molecule is O=C1OC[C@]2(c3ccccc3)Cc3cc4ccccc4cc3CN12. The Balaban J connectivity index is 1.70. The van der Waals surface area contributed by atoms with Gasteiger partial charge in [-0.25, -0.2) is 4.79 Å². The van der Waals surface area contributed by atoms with Gasteiger partial charge in [-0.05, 0) is 33.5 Å². The van der Waals surface area contributed by atoms with Crippen LogP contribution in [-0.4, -0.2) is 17.6 Å². The molecule has 0 spiro atoms. The number of carbonyl (C=O) groups excluding carboxylic acids is 1. The lowest BCUT2D eigenvalue weighted by atomic mass is 9.78. The van der Waals surface area contributed by atoms with Crippen molar-refractivity contribution in [2.24, 2.45) is 0 Å². The molecule has 3 nitrogen and oxygen atoms in total. The Morgan fingerprint density at radius 2 is 1.54 bits per heavy atom. The molecule has 3 heteroatoms. The molecule has 0 saturated carbocycles. The zero-order valence-corrected chi connectivity index (χ0v) is 13.2. The normalized spacial score (nSPS) is 22.2. The highest BCUT2D eigenvalue weighted by Gasteiger charge is 2.51. The van der Waals surface area contributed by atoms with Gasteiger partial charge in [0.15, 0.2) is 0 Å². The fourth-order valence-electron chi connectivity index (χ4n) is 4.10. The predicted molar refractivity (Wildman–Crippen MR) is 92.7 cm³/mol. The standard InChI is InChI=1S/C21H17NO2/c23-20-22-13-18-11-16-7-5-4-6-15(16)10-17(18)12-21(22,14-24-20)19-8-2-1-3-9-19/h1-11H,12-14H2/t21-/m0/s1. The molecule has 3 aromatic carbocycles. The highest BCUT2D eigenvalue weighted by atomic mass is 16.6. The van der Waals surface area contributed by atoms with Gasteiger partial charge in [0.2, 0.25) is 0 Å². The van der Waals surface area contributed by atoms with Gasteiger partial charge >= 0.3 is 6.09 Å². The molecule has 5 rings (SSSR count). The fourth-order valence-corrected chi connectivity index (χ4v) is 4.10. The first-order valence-corrected chi connectivity index (χ1v) is 8.27. The lowest BCUT2D eigenvalue weighted by molar-refractivity contribution is 0.136. The van der Waals surface area contributed by atoms with Crippen LogP contribution in [0.3, 0.4) is 0 Å². The van der Waals surface area contributed by atoms with Crippen molar-refractivity contribution >= 4 is 16.9 Å². The quantitative estimate of drug-likeness (QED) is 0.672. The Hall–Kier alpha value is -2.81. The summed E-state index contributed by atoms with van der Waals surface area (Å²) >= 11 is 0. The van der Waals surface area contributed by atoms with Crippen LogP contribution in [0.5, 0.6) is 0 Å². The lowest BCUT2D eigenvalue weighted by Crippen LogP contribution is -2.48. The minimum atomic E-state index is -0.381. The van der Waals surface area contributed by atoms with Gasteiger partial charge in [0.25, 0.3) is 0 Å². The first-order chi connectivity index (χ1) is 11.8. The van der Waals surface area contributed by atoms with Crippen LogP contribution < -0.4 is 0 Å². The predicted octanol–water partition coefficient (Wildman–Crippen LogP) is 4.24. The molecule has 2 aliphatic heterocycles. The number of amides is 1. The van der Waals surface area contributed by atoms with Crippen molar-refractivity contribution in [2.45, 2.75) is 18.5 Å². The van der Waals surface area contributed by atoms with E-state index in [0.29, 0.717) is 13.2 Å². The third-order valence-electron chi connectivity index (χ3n) is 5.36. The van der Waals surface area contributed by atoms with E-state index in [1.54, 1.807) is 0 Å². The lowest BCUT2D eigenvalue weighted by Gasteiger charge is -2.41. The van der Waals surface area contributed by atoms with E-state index in [4.69, 9.17) is 4.74 Å². The average Bonchev–Trinajstić information content (AvgIpc) is 2.96. The maximum absolute atomic E-state index is 12.4. The van der Waals surface area contributed by atoms with Crippen molar-refractivity contribution in [3.8, 4) is 0 Å². The van der Waals surface area contributed by atoms with Crippen LogP contribution in [0.1, 0.15) is 16.7 Å². The van der Waals surface area contributed by atoms with Gasteiger partial charge in [-0.1, -0.05) is 60.7 Å². The summed E-state index contributed by atoms with van der Waals surface area (Å²) in [5.41, 5.74) is 3.30. The molecule has 0 bridgehead atoms. The van der Waals surface area contributed by atoms with Crippen molar-refractivity contribution in [3.05, 3.63) is 83.4 Å². The van der Waals surface area contributed by atoms with E-state index in [0.717, 1.165) is 12.0 Å². The second-order valence-corrected chi connectivity index (χ2v) is 6.68. The summed E-state index contributed by atoms with van der Waals surface area (Å²) in [5, 5.41) is 2.47. The summed E-state index contributed by atoms with van der Waals surface area (Å²) in [7, 11) is 0. The van der Waals surface area contributed by atoms with E-state index < -0.39 is 0 Å². The van der Waals surface area contributed by atoms with Crippen LogP contribution in [0.25, 0.3) is 10.8 Å². The third kappa shape index (κ3) is 1.81. The van der Waals surface area contributed by atoms with E-state index in [9.17, 15) is 4.79 Å². The molecule has 2 heterocycles. The highest BCUT2D eigenvalue weighted by molar-refractivity contribution is 5.85. The minimum Gasteiger partial charge on any atom is -0.446 e. The Morgan fingerprint density at radius 1 is 0.875 bits per heavy atom. The monoisotopic (exact) mass is 315 g/mol. The molecule has 3 aromatic rings. The van der Waals surface area contributed by atoms with Crippen LogP contribution in [0.15, 0.2) is 66.7 Å². The third-order valence-corrected chi connectivity index (χ3v) is 5.36. The van der Waals surface area contributed by atoms with E-state index in [2.05, 4.69) is 48.5 Å². The van der Waals surface area contributed by atoms with Gasteiger partial charge in [0.1, 0.15) is 12.1 Å². The maximum atomic E-state index is 12.4. The molecule has 0 aliphatic carbocycles. The molecular formula is C21H17NO2. The maximum Gasteiger partial charge on any atom is 0.411 e.